The number of carbonyl (C=O) groups excluding carboxylic acids is 1. The summed E-state index contributed by atoms with van der Waals surface area (Å²) in [7, 11) is 0. The summed E-state index contributed by atoms with van der Waals surface area (Å²) in [5.74, 6) is 0. The minimum absolute atomic E-state index is 0.00899. The number of β-amino-alcohol motifs (C(OH)–C–C–N with tert-alkyl or cyclic N) is 1. The molecule has 2 heterocycles. The van der Waals surface area contributed by atoms with E-state index in [1.54, 1.807) is 6.07 Å². The molecule has 0 aliphatic carbocycles. The Balaban J connectivity index is 2.02. The summed E-state index contributed by atoms with van der Waals surface area (Å²) in [6.45, 7) is 1.31. The maximum Gasteiger partial charge on any atom is 0.152 e. The first kappa shape index (κ1) is 10.5. The van der Waals surface area contributed by atoms with Crippen LogP contribution in [0.4, 0.5) is 5.69 Å². The van der Waals surface area contributed by atoms with Crippen LogP contribution in [-0.4, -0.2) is 36.6 Å². The summed E-state index contributed by atoms with van der Waals surface area (Å²) in [6.07, 6.45) is 2.52. The van der Waals surface area contributed by atoms with E-state index < -0.39 is 6.10 Å². The standard InChI is InChI=1S/C13H14N2O2/c16-8-9-3-1-2-4-10(9)15-7-12(17)13-11(15)5-6-14-13/h1-5,8,12-14,17H,6-7H2. The molecule has 4 heteroatoms. The molecule has 2 unspecified atom stereocenters. The van der Waals surface area contributed by atoms with E-state index in [0.29, 0.717) is 12.1 Å². The highest BCUT2D eigenvalue weighted by molar-refractivity contribution is 5.85. The van der Waals surface area contributed by atoms with Gasteiger partial charge >= 0.3 is 0 Å². The van der Waals surface area contributed by atoms with Crippen molar-refractivity contribution in [2.75, 3.05) is 18.0 Å². The summed E-state index contributed by atoms with van der Waals surface area (Å²) < 4.78 is 0. The maximum atomic E-state index is 11.0. The fourth-order valence-electron chi connectivity index (χ4n) is 2.60. The summed E-state index contributed by atoms with van der Waals surface area (Å²) in [4.78, 5) is 13.1. The number of carbonyl (C=O) groups is 1. The van der Waals surface area contributed by atoms with Gasteiger partial charge in [0.2, 0.25) is 0 Å². The molecule has 1 fully saturated rings. The number of aldehydes is 1. The highest BCUT2D eigenvalue weighted by Crippen LogP contribution is 2.32. The first-order valence-electron chi connectivity index (χ1n) is 5.74. The lowest BCUT2D eigenvalue weighted by Crippen LogP contribution is -2.33. The summed E-state index contributed by atoms with van der Waals surface area (Å²) in [6, 6.07) is 7.47. The quantitative estimate of drug-likeness (QED) is 0.728. The second-order valence-electron chi connectivity index (χ2n) is 4.37. The lowest BCUT2D eigenvalue weighted by atomic mass is 10.1. The van der Waals surface area contributed by atoms with Crippen molar-refractivity contribution in [2.45, 2.75) is 12.1 Å². The van der Waals surface area contributed by atoms with Crippen LogP contribution in [-0.2, 0) is 0 Å². The number of aliphatic hydroxyl groups excluding tert-OH is 1. The van der Waals surface area contributed by atoms with Crippen molar-refractivity contribution in [3.63, 3.8) is 0 Å². The maximum absolute atomic E-state index is 11.0. The van der Waals surface area contributed by atoms with Crippen molar-refractivity contribution < 1.29 is 9.90 Å². The number of anilines is 1. The fourth-order valence-corrected chi connectivity index (χ4v) is 2.60. The van der Waals surface area contributed by atoms with Crippen molar-refractivity contribution in [1.29, 1.82) is 0 Å². The fraction of sp³-hybridized carbons (Fsp3) is 0.308. The molecule has 3 rings (SSSR count). The third-order valence-electron chi connectivity index (χ3n) is 3.39. The Morgan fingerprint density at radius 2 is 2.24 bits per heavy atom. The van der Waals surface area contributed by atoms with Crippen LogP contribution < -0.4 is 10.2 Å². The smallest absolute Gasteiger partial charge is 0.152 e. The van der Waals surface area contributed by atoms with Crippen LogP contribution in [0.2, 0.25) is 0 Å². The van der Waals surface area contributed by atoms with Gasteiger partial charge in [0.1, 0.15) is 0 Å². The van der Waals surface area contributed by atoms with Crippen LogP contribution in [0.15, 0.2) is 36.0 Å². The molecule has 0 radical (unpaired) electrons. The molecule has 0 bridgehead atoms. The molecule has 0 aromatic heterocycles. The number of nitrogens with zero attached hydrogens (tertiary/aromatic N) is 1. The first-order chi connectivity index (χ1) is 8.31. The third kappa shape index (κ3) is 1.57. The molecule has 2 N–H and O–H groups in total. The molecule has 1 saturated heterocycles. The third-order valence-corrected chi connectivity index (χ3v) is 3.39. The highest BCUT2D eigenvalue weighted by Gasteiger charge is 2.38. The largest absolute Gasteiger partial charge is 0.389 e. The van der Waals surface area contributed by atoms with Crippen LogP contribution in [0.3, 0.4) is 0 Å². The average molecular weight is 230 g/mol. The average Bonchev–Trinajstić information content (AvgIpc) is 2.94. The monoisotopic (exact) mass is 230 g/mol. The van der Waals surface area contributed by atoms with Crippen molar-refractivity contribution in [3.05, 3.63) is 41.6 Å². The number of aliphatic hydroxyl groups is 1. The van der Waals surface area contributed by atoms with Gasteiger partial charge in [0.15, 0.2) is 6.29 Å². The molecule has 0 spiro atoms. The van der Waals surface area contributed by atoms with Crippen LogP contribution in [0, 0.1) is 0 Å². The van der Waals surface area contributed by atoms with Crippen molar-refractivity contribution in [2.24, 2.45) is 0 Å². The zero-order valence-corrected chi connectivity index (χ0v) is 9.34. The molecule has 17 heavy (non-hydrogen) atoms. The van der Waals surface area contributed by atoms with Gasteiger partial charge in [-0.15, -0.1) is 0 Å². The number of rotatable bonds is 2. The van der Waals surface area contributed by atoms with Gasteiger partial charge in [-0.2, -0.15) is 0 Å². The molecule has 2 aliphatic heterocycles. The van der Waals surface area contributed by atoms with Crippen LogP contribution >= 0.6 is 0 Å². The van der Waals surface area contributed by atoms with E-state index in [1.165, 1.54) is 0 Å². The van der Waals surface area contributed by atoms with Crippen LogP contribution in [0.5, 0.6) is 0 Å². The summed E-state index contributed by atoms with van der Waals surface area (Å²) in [5.41, 5.74) is 2.61. The zero-order chi connectivity index (χ0) is 11.8. The van der Waals surface area contributed by atoms with Gasteiger partial charge in [0.25, 0.3) is 0 Å². The lowest BCUT2D eigenvalue weighted by Gasteiger charge is -2.21. The SMILES string of the molecule is O=Cc1ccccc1N1CC(O)C2NCC=C21. The molecule has 1 aromatic carbocycles. The van der Waals surface area contributed by atoms with E-state index in [1.807, 2.05) is 23.1 Å². The molecule has 1 aromatic rings. The second kappa shape index (κ2) is 3.98. The first-order valence-corrected chi connectivity index (χ1v) is 5.74. The molecule has 2 atom stereocenters. The summed E-state index contributed by atoms with van der Waals surface area (Å²) >= 11 is 0. The Hall–Kier alpha value is -1.65. The number of hydrogen-bond donors (Lipinski definition) is 2. The van der Waals surface area contributed by atoms with Crippen molar-refractivity contribution in [1.82, 2.24) is 5.32 Å². The minimum Gasteiger partial charge on any atom is -0.389 e. The Labute approximate surface area is 99.6 Å². The highest BCUT2D eigenvalue weighted by atomic mass is 16.3. The van der Waals surface area contributed by atoms with Crippen molar-refractivity contribution in [3.8, 4) is 0 Å². The number of nitrogens with one attached hydrogen (secondary N) is 1. The Morgan fingerprint density at radius 3 is 3.06 bits per heavy atom. The lowest BCUT2D eigenvalue weighted by molar-refractivity contribution is 0.112. The molecular formula is C13H14N2O2. The van der Waals surface area contributed by atoms with Crippen LogP contribution in [0.25, 0.3) is 0 Å². The van der Waals surface area contributed by atoms with E-state index in [0.717, 1.165) is 24.2 Å². The molecule has 0 amide bonds. The minimum atomic E-state index is -0.413. The number of fused-ring (bicyclic) bond motifs is 1. The second-order valence-corrected chi connectivity index (χ2v) is 4.37. The van der Waals surface area contributed by atoms with E-state index in [9.17, 15) is 9.90 Å². The molecule has 4 nitrogen and oxygen atoms in total. The van der Waals surface area contributed by atoms with Gasteiger partial charge in [-0.3, -0.25) is 4.79 Å². The van der Waals surface area contributed by atoms with Crippen LogP contribution in [0.1, 0.15) is 10.4 Å². The van der Waals surface area contributed by atoms with E-state index in [2.05, 4.69) is 11.4 Å². The van der Waals surface area contributed by atoms with Gasteiger partial charge in [-0.1, -0.05) is 12.1 Å². The van der Waals surface area contributed by atoms with E-state index >= 15 is 0 Å². The predicted molar refractivity (Wildman–Crippen MR) is 65.1 cm³/mol. The summed E-state index contributed by atoms with van der Waals surface area (Å²) in [5, 5.41) is 13.2. The zero-order valence-electron chi connectivity index (χ0n) is 9.34. The van der Waals surface area contributed by atoms with Gasteiger partial charge in [0, 0.05) is 17.8 Å². The molecule has 0 saturated carbocycles. The molecule has 88 valence electrons. The Bertz CT molecular complexity index is 484. The predicted octanol–water partition coefficient (Wildman–Crippen LogP) is 0.536. The Morgan fingerprint density at radius 1 is 1.41 bits per heavy atom. The number of para-hydroxylation sites is 1. The number of hydrogen-bond acceptors (Lipinski definition) is 4. The van der Waals surface area contributed by atoms with Gasteiger partial charge < -0.3 is 15.3 Å². The van der Waals surface area contributed by atoms with E-state index in [4.69, 9.17) is 0 Å². The molecular weight excluding hydrogens is 216 g/mol. The Kier molecular flexibility index (Phi) is 2.46. The van der Waals surface area contributed by atoms with Gasteiger partial charge in [0.05, 0.1) is 24.4 Å². The van der Waals surface area contributed by atoms with Crippen molar-refractivity contribution >= 4 is 12.0 Å². The van der Waals surface area contributed by atoms with E-state index in [-0.39, 0.29) is 6.04 Å². The normalized spacial score (nSPS) is 26.9. The number of benzene rings is 1. The van der Waals surface area contributed by atoms with Gasteiger partial charge in [-0.25, -0.2) is 0 Å². The van der Waals surface area contributed by atoms with Gasteiger partial charge in [-0.05, 0) is 18.2 Å². The topological polar surface area (TPSA) is 52.6 Å². The molecule has 2 aliphatic rings.